The molecule has 0 unspecified atom stereocenters. The molecule has 1 saturated carbocycles. The smallest absolute Gasteiger partial charge is 1.00 e. The van der Waals surface area contributed by atoms with E-state index in [2.05, 4.69) is 61.5 Å². The van der Waals surface area contributed by atoms with E-state index in [1.54, 1.807) is 0 Å². The molecule has 3 aromatic carbocycles. The Labute approximate surface area is 182 Å². The Morgan fingerprint density at radius 1 is 0.840 bits per heavy atom. The van der Waals surface area contributed by atoms with Gasteiger partial charge in [0.05, 0.1) is 0 Å². The Bertz CT molecular complexity index is 783. The number of hydrogen-bond acceptors (Lipinski definition) is 0. The molecule has 0 heterocycles. The molecule has 0 aromatic heterocycles. The van der Waals surface area contributed by atoms with Gasteiger partial charge in [-0.1, -0.05) is 62.1 Å². The molecule has 3 heteroatoms. The largest absolute Gasteiger partial charge is 3.00 e. The fourth-order valence-electron chi connectivity index (χ4n) is 4.11. The Morgan fingerprint density at radius 3 is 2.16 bits per heavy atom. The summed E-state index contributed by atoms with van der Waals surface area (Å²) in [7, 11) is 0. The maximum absolute atomic E-state index is 2.37. The van der Waals surface area contributed by atoms with E-state index in [0.717, 1.165) is 5.92 Å². The van der Waals surface area contributed by atoms with E-state index in [1.807, 2.05) is 0 Å². The van der Waals surface area contributed by atoms with Crippen LogP contribution in [0.1, 0.15) is 49.1 Å². The zero-order valence-corrected chi connectivity index (χ0v) is 18.5. The van der Waals surface area contributed by atoms with Gasteiger partial charge in [-0.05, 0) is 24.3 Å². The van der Waals surface area contributed by atoms with E-state index in [0.29, 0.717) is 0 Å². The van der Waals surface area contributed by atoms with Crippen molar-refractivity contribution in [3.05, 3.63) is 65.7 Å². The zero-order valence-electron chi connectivity index (χ0n) is 14.6. The third-order valence-corrected chi connectivity index (χ3v) is 5.27. The molecular formula is C22H23Cl2Zr. The Balaban J connectivity index is 0.00000104. The van der Waals surface area contributed by atoms with Gasteiger partial charge in [-0.3, -0.25) is 0 Å². The minimum Gasteiger partial charge on any atom is -1.00 e. The van der Waals surface area contributed by atoms with Crippen LogP contribution in [0.4, 0.5) is 0 Å². The monoisotopic (exact) mass is 447 g/mol. The van der Waals surface area contributed by atoms with Crippen molar-refractivity contribution in [1.29, 1.82) is 0 Å². The predicted octanol–water partition coefficient (Wildman–Crippen LogP) is 0.587. The molecule has 129 valence electrons. The third kappa shape index (κ3) is 4.62. The second kappa shape index (κ2) is 10.0. The molecule has 3 aromatic rings. The Morgan fingerprint density at radius 2 is 1.48 bits per heavy atom. The average Bonchev–Trinajstić information content (AvgIpc) is 2.91. The maximum atomic E-state index is 2.37. The van der Waals surface area contributed by atoms with Crippen molar-refractivity contribution in [2.45, 2.75) is 44.9 Å². The molecule has 4 rings (SSSR count). The molecule has 1 radical (unpaired) electrons. The van der Waals surface area contributed by atoms with Crippen molar-refractivity contribution in [1.82, 2.24) is 0 Å². The van der Waals surface area contributed by atoms with Gasteiger partial charge >= 0.3 is 26.2 Å². The molecule has 0 atom stereocenters. The van der Waals surface area contributed by atoms with Gasteiger partial charge in [0.1, 0.15) is 0 Å². The summed E-state index contributed by atoms with van der Waals surface area (Å²) in [5.41, 5.74) is 5.69. The summed E-state index contributed by atoms with van der Waals surface area (Å²) in [5.74, 6) is 0.792. The first kappa shape index (κ1) is 22.6. The van der Waals surface area contributed by atoms with E-state index in [9.17, 15) is 0 Å². The molecule has 0 amide bonds. The van der Waals surface area contributed by atoms with Gasteiger partial charge < -0.3 is 24.8 Å². The number of hydrogen-bond donors (Lipinski definition) is 0. The second-order valence-electron chi connectivity index (χ2n) is 6.75. The van der Waals surface area contributed by atoms with Gasteiger partial charge in [-0.15, -0.1) is 46.2 Å². The molecule has 0 spiro atoms. The first-order valence-corrected chi connectivity index (χ1v) is 8.58. The average molecular weight is 450 g/mol. The first-order valence-electron chi connectivity index (χ1n) is 8.58. The topological polar surface area (TPSA) is 0 Å². The van der Waals surface area contributed by atoms with Gasteiger partial charge in [0.15, 0.2) is 0 Å². The van der Waals surface area contributed by atoms with Gasteiger partial charge in [0.25, 0.3) is 0 Å². The molecular weight excluding hydrogens is 426 g/mol. The number of benzene rings is 2. The Hall–Kier alpha value is -0.487. The van der Waals surface area contributed by atoms with Gasteiger partial charge in [-0.2, -0.15) is 0 Å². The summed E-state index contributed by atoms with van der Waals surface area (Å²) in [6, 6.07) is 20.4. The molecule has 1 aliphatic rings. The third-order valence-electron chi connectivity index (χ3n) is 5.27. The van der Waals surface area contributed by atoms with E-state index >= 15 is 0 Å². The second-order valence-corrected chi connectivity index (χ2v) is 6.75. The van der Waals surface area contributed by atoms with Crippen molar-refractivity contribution in [3.8, 4) is 11.1 Å². The fraction of sp³-hybridized carbons (Fsp3) is 0.318. The van der Waals surface area contributed by atoms with Crippen molar-refractivity contribution in [2.75, 3.05) is 0 Å². The zero-order chi connectivity index (χ0) is 14.9. The van der Waals surface area contributed by atoms with Gasteiger partial charge in [0.2, 0.25) is 0 Å². The number of rotatable bonds is 2. The fourth-order valence-corrected chi connectivity index (χ4v) is 4.11. The standard InChI is InChI=1S/C22H23.2ClH.Zr/c1-16-15-20-9-5-6-10-21(20)22(16)19-13-11-18(12-14-19)17-7-3-2-4-8-17;;;/h5-6,9-15,17H,2-4,7-8H2,1H3;2*1H;/q-1;;;+3/p-2. The van der Waals surface area contributed by atoms with Crippen molar-refractivity contribution in [2.24, 2.45) is 0 Å². The van der Waals surface area contributed by atoms with Crippen molar-refractivity contribution in [3.63, 3.8) is 0 Å². The summed E-state index contributed by atoms with van der Waals surface area (Å²) in [6.45, 7) is 2.23. The van der Waals surface area contributed by atoms with Crippen molar-refractivity contribution >= 4 is 10.8 Å². The van der Waals surface area contributed by atoms with Crippen LogP contribution in [0.3, 0.4) is 0 Å². The quantitative estimate of drug-likeness (QED) is 0.503. The summed E-state index contributed by atoms with van der Waals surface area (Å²) < 4.78 is 0. The molecule has 0 bridgehead atoms. The molecule has 0 nitrogen and oxygen atoms in total. The van der Waals surface area contributed by atoms with Gasteiger partial charge in [0, 0.05) is 0 Å². The van der Waals surface area contributed by atoms with Crippen LogP contribution >= 0.6 is 0 Å². The van der Waals surface area contributed by atoms with E-state index in [4.69, 9.17) is 0 Å². The molecule has 0 N–H and O–H groups in total. The molecule has 1 aliphatic carbocycles. The normalized spacial score (nSPS) is 14.3. The maximum Gasteiger partial charge on any atom is 3.00 e. The van der Waals surface area contributed by atoms with Crippen LogP contribution in [-0.2, 0) is 26.2 Å². The minimum absolute atomic E-state index is 0. The van der Waals surface area contributed by atoms with Crippen LogP contribution < -0.4 is 24.8 Å². The van der Waals surface area contributed by atoms with Gasteiger partial charge in [-0.25, -0.2) is 0 Å². The molecule has 1 fully saturated rings. The van der Waals surface area contributed by atoms with E-state index in [-0.39, 0.29) is 51.0 Å². The summed E-state index contributed by atoms with van der Waals surface area (Å²) >= 11 is 0. The van der Waals surface area contributed by atoms with Crippen molar-refractivity contribution < 1.29 is 51.0 Å². The Kier molecular flexibility index (Phi) is 9.03. The van der Waals surface area contributed by atoms with Crippen LogP contribution in [0.2, 0.25) is 0 Å². The van der Waals surface area contributed by atoms with Crippen LogP contribution in [-0.4, -0.2) is 0 Å². The van der Waals surface area contributed by atoms with E-state index in [1.165, 1.54) is 65.1 Å². The van der Waals surface area contributed by atoms with Crippen LogP contribution in [0.5, 0.6) is 0 Å². The summed E-state index contributed by atoms with van der Waals surface area (Å²) in [6.07, 6.45) is 6.97. The number of aryl methyl sites for hydroxylation is 1. The van der Waals surface area contributed by atoms with Crippen LogP contribution in [0.25, 0.3) is 21.9 Å². The number of fused-ring (bicyclic) bond motifs is 1. The summed E-state index contributed by atoms with van der Waals surface area (Å²) in [4.78, 5) is 0. The SMILES string of the molecule is Cc1[cH-]c2ccccc2c1-c1ccc(C2CCCCC2)cc1.[Cl-].[Cl-].[Zr+3]. The van der Waals surface area contributed by atoms with E-state index < -0.39 is 0 Å². The molecule has 0 saturated heterocycles. The van der Waals surface area contributed by atoms with Crippen LogP contribution in [0.15, 0.2) is 54.6 Å². The number of halogens is 2. The predicted molar refractivity (Wildman–Crippen MR) is 95.5 cm³/mol. The first-order chi connectivity index (χ1) is 10.8. The molecule has 0 aliphatic heterocycles. The minimum atomic E-state index is 0. The summed E-state index contributed by atoms with van der Waals surface area (Å²) in [5, 5.41) is 2.73. The van der Waals surface area contributed by atoms with Crippen LogP contribution in [0, 0.1) is 6.92 Å². The molecule has 25 heavy (non-hydrogen) atoms.